The number of hydrogen-bond acceptors (Lipinski definition) is 18. The summed E-state index contributed by atoms with van der Waals surface area (Å²) in [5.74, 6) is 0.737. The monoisotopic (exact) mass is 1170 g/mol. The van der Waals surface area contributed by atoms with Crippen molar-refractivity contribution < 1.29 is 9.84 Å². The van der Waals surface area contributed by atoms with Crippen LogP contribution in [0.1, 0.15) is 16.7 Å². The van der Waals surface area contributed by atoms with E-state index in [9.17, 15) is 9.59 Å². The third-order valence-corrected chi connectivity index (χ3v) is 12.4. The van der Waals surface area contributed by atoms with E-state index in [0.29, 0.717) is 22.8 Å². The lowest BCUT2D eigenvalue weighted by Gasteiger charge is -2.14. The molecule has 0 saturated heterocycles. The summed E-state index contributed by atoms with van der Waals surface area (Å²) in [6, 6.07) is 47.6. The predicted octanol–water partition coefficient (Wildman–Crippen LogP) is 10.9. The maximum absolute atomic E-state index is 11.0. The van der Waals surface area contributed by atoms with E-state index >= 15 is 0 Å². The van der Waals surface area contributed by atoms with Crippen molar-refractivity contribution in [2.24, 2.45) is 0 Å². The molecule has 12 heterocycles. The third kappa shape index (κ3) is 20.3. The molecule has 7 N–H and O–H groups in total. The van der Waals surface area contributed by atoms with Crippen LogP contribution in [-0.4, -0.2) is 100 Å². The number of aryl methyl sites for hydroxylation is 2. The van der Waals surface area contributed by atoms with Gasteiger partial charge in [0.25, 0.3) is 0 Å². The first kappa shape index (κ1) is 63.9. The van der Waals surface area contributed by atoms with Crippen LogP contribution in [0.4, 0.5) is 22.7 Å². The highest BCUT2D eigenvalue weighted by atomic mass is 16.5. The van der Waals surface area contributed by atoms with Crippen molar-refractivity contribution in [1.29, 1.82) is 0 Å². The zero-order valence-corrected chi connectivity index (χ0v) is 49.8. The fourth-order valence-corrected chi connectivity index (χ4v) is 7.82. The number of nitrogens with one attached hydrogen (secondary N) is 2. The Bertz CT molecular complexity index is 3870. The number of nitrogens with zero attached hydrogens (tertiary/aromatic N) is 12. The maximum atomic E-state index is 11.0. The summed E-state index contributed by atoms with van der Waals surface area (Å²) in [6.45, 7) is 4.11. The smallest absolute Gasteiger partial charge is 0.182 e. The second-order valence-electron chi connectivity index (χ2n) is 19.6. The van der Waals surface area contributed by atoms with Gasteiger partial charge in [0.2, 0.25) is 0 Å². The molecule has 88 heavy (non-hydrogen) atoms. The lowest BCUT2D eigenvalue weighted by Crippen LogP contribution is -2.09. The highest BCUT2D eigenvalue weighted by Crippen LogP contribution is 2.24. The van der Waals surface area contributed by atoms with Gasteiger partial charge in [-0.1, -0.05) is 12.1 Å². The van der Waals surface area contributed by atoms with E-state index in [1.54, 1.807) is 93.1 Å². The number of nitrogen functional groups attached to an aromatic ring is 2. The molecule has 0 radical (unpaired) electrons. The maximum Gasteiger partial charge on any atom is 0.182 e. The van der Waals surface area contributed by atoms with E-state index in [2.05, 4.69) is 83.5 Å². The quantitative estimate of drug-likeness (QED) is 0.0851. The topological polar surface area (TPSA) is 283 Å². The number of H-pyrrole nitrogens is 2. The van der Waals surface area contributed by atoms with Crippen LogP contribution >= 0.6 is 0 Å². The van der Waals surface area contributed by atoms with Gasteiger partial charge in [0.15, 0.2) is 10.9 Å². The molecule has 12 rings (SSSR count). The van der Waals surface area contributed by atoms with Gasteiger partial charge in [-0.3, -0.25) is 59.4 Å². The number of rotatable bonds is 10. The van der Waals surface area contributed by atoms with Crippen LogP contribution in [0.15, 0.2) is 242 Å². The number of nitrogens with two attached hydrogens (primary N) is 2. The summed E-state index contributed by atoms with van der Waals surface area (Å²) in [5.41, 5.74) is 27.5. The van der Waals surface area contributed by atoms with Crippen LogP contribution in [0, 0.1) is 13.8 Å². The average molecular weight is 1170 g/mol. The van der Waals surface area contributed by atoms with E-state index in [-0.39, 0.29) is 17.5 Å². The molecule has 0 spiro atoms. The summed E-state index contributed by atoms with van der Waals surface area (Å²) >= 11 is 0. The van der Waals surface area contributed by atoms with Crippen molar-refractivity contribution in [3.63, 3.8) is 0 Å². The largest absolute Gasteiger partial charge is 0.497 e. The SMILES string of the molecule is CN(C)c1ccnc(-c2cc(N(C)C)ccn2)c1.COc1ccnc(-c2cc(CO)ccn2)c1.Cc1ccnc(-c2cc(C)ccn2)c1.Nc1ccnc(-c2cc(N)ccn2)c1.O=c1cc[nH]c(-c2cc(=O)cc[nH]2)c1.c1ccc(-c2ccccn2)nc1. The number of anilines is 4. The first-order valence-corrected chi connectivity index (χ1v) is 27.5. The first-order valence-electron chi connectivity index (χ1n) is 27.5. The molecule has 0 amide bonds. The van der Waals surface area contributed by atoms with E-state index in [0.717, 1.165) is 79.6 Å². The van der Waals surface area contributed by atoms with Gasteiger partial charge in [-0.2, -0.15) is 0 Å². The molecule has 20 nitrogen and oxygen atoms in total. The number of ether oxygens (including phenoxy) is 1. The van der Waals surface area contributed by atoms with E-state index in [1.807, 2.05) is 150 Å². The molecule has 0 aliphatic heterocycles. The van der Waals surface area contributed by atoms with Gasteiger partial charge in [-0.05, 0) is 146 Å². The Hall–Kier alpha value is -11.6. The molecule has 0 saturated carbocycles. The fourth-order valence-electron chi connectivity index (χ4n) is 7.82. The minimum atomic E-state index is -0.0940. The molecule has 444 valence electrons. The Kier molecular flexibility index (Phi) is 24.0. The molecule has 0 unspecified atom stereocenters. The molecule has 0 atom stereocenters. The van der Waals surface area contributed by atoms with Crippen LogP contribution in [0.3, 0.4) is 0 Å². The molecule has 0 fully saturated rings. The lowest BCUT2D eigenvalue weighted by molar-refractivity contribution is 0.282. The van der Waals surface area contributed by atoms with Crippen molar-refractivity contribution in [2.45, 2.75) is 20.5 Å². The zero-order valence-electron chi connectivity index (χ0n) is 49.8. The van der Waals surface area contributed by atoms with Crippen molar-refractivity contribution in [3.05, 3.63) is 269 Å². The molecule has 12 aromatic rings. The van der Waals surface area contributed by atoms with Crippen molar-refractivity contribution in [1.82, 2.24) is 59.8 Å². The highest BCUT2D eigenvalue weighted by Gasteiger charge is 2.08. The molecule has 0 aliphatic carbocycles. The van der Waals surface area contributed by atoms with Gasteiger partial charge in [0.05, 0.1) is 82.0 Å². The Morgan fingerprint density at radius 1 is 0.398 bits per heavy atom. The van der Waals surface area contributed by atoms with Crippen LogP contribution in [0.5, 0.6) is 5.75 Å². The van der Waals surface area contributed by atoms with Crippen molar-refractivity contribution >= 4 is 22.7 Å². The number of aromatic nitrogens is 12. The Morgan fingerprint density at radius 2 is 0.761 bits per heavy atom. The third-order valence-electron chi connectivity index (χ3n) is 12.4. The van der Waals surface area contributed by atoms with Crippen LogP contribution in [-0.2, 0) is 6.61 Å². The number of methoxy groups -OCH3 is 1. The molecular formula is C68H68N16O4. The van der Waals surface area contributed by atoms with Gasteiger partial charge in [-0.15, -0.1) is 0 Å². The summed E-state index contributed by atoms with van der Waals surface area (Å²) < 4.78 is 5.12. The minimum Gasteiger partial charge on any atom is -0.497 e. The normalized spacial score (nSPS) is 10.0. The van der Waals surface area contributed by atoms with Gasteiger partial charge in [0.1, 0.15) is 5.75 Å². The number of hydrogen-bond donors (Lipinski definition) is 5. The zero-order chi connectivity index (χ0) is 62.6. The number of aliphatic hydroxyl groups excluding tert-OH is 1. The molecule has 20 heteroatoms. The van der Waals surface area contributed by atoms with E-state index in [4.69, 9.17) is 21.3 Å². The molecule has 0 bridgehead atoms. The summed E-state index contributed by atoms with van der Waals surface area (Å²) in [5, 5.41) is 9.04. The summed E-state index contributed by atoms with van der Waals surface area (Å²) in [4.78, 5) is 74.4. The molecular weight excluding hydrogens is 1100 g/mol. The molecule has 0 aromatic carbocycles. The van der Waals surface area contributed by atoms with E-state index < -0.39 is 0 Å². The average Bonchev–Trinajstić information content (AvgIpc) is 3.76. The Balaban J connectivity index is 0.000000151. The minimum absolute atomic E-state index is 0.000507. The molecule has 12 aromatic heterocycles. The summed E-state index contributed by atoms with van der Waals surface area (Å²) in [6.07, 6.45) is 20.5. The standard InChI is InChI=1S/C14H18N4.C12H12N2O2.C12H12N2.C10H10N4.C10H8N2O2.C10H8N2/c1-17(2)11-5-7-15-13(9-11)14-10-12(18(3)4)6-8-16-14;1-16-10-3-5-14-12(7-10)11-6-9(8-15)2-4-13-11;1-9-3-5-13-11(7-9)12-8-10(2)4-6-14-12;11-7-1-3-13-9(5-7)10-6-8(12)2-4-14-10;13-7-1-3-11-9(5-7)10-6-8(14)2-4-12-10;1-3-7-11-9(5-1)10-6-2-4-8-12-10/h5-10H,1-4H3;2-7,15H,8H2,1H3;3-8H,1-2H3;1-6H,(H2,11,13)(H2,12,14);1-6H,(H,11,13)(H,12,14);1-8H. The highest BCUT2D eigenvalue weighted by molar-refractivity contribution is 5.66. The summed E-state index contributed by atoms with van der Waals surface area (Å²) in [7, 11) is 9.67. The Labute approximate surface area is 510 Å². The number of aromatic amines is 2. The number of aliphatic hydroxyl groups is 1. The lowest BCUT2D eigenvalue weighted by atomic mass is 10.1. The van der Waals surface area contributed by atoms with Gasteiger partial charge < -0.3 is 41.1 Å². The predicted molar refractivity (Wildman–Crippen MR) is 350 cm³/mol. The van der Waals surface area contributed by atoms with Crippen molar-refractivity contribution in [2.75, 3.05) is 56.6 Å². The second kappa shape index (κ2) is 33.0. The van der Waals surface area contributed by atoms with Gasteiger partial charge in [-0.25, -0.2) is 0 Å². The Morgan fingerprint density at radius 3 is 1.14 bits per heavy atom. The first-order chi connectivity index (χ1) is 42.6. The fraction of sp³-hybridized carbons (Fsp3) is 0.118. The van der Waals surface area contributed by atoms with Crippen LogP contribution in [0.2, 0.25) is 0 Å². The molecule has 0 aliphatic rings. The second-order valence-corrected chi connectivity index (χ2v) is 19.6. The van der Waals surface area contributed by atoms with Crippen LogP contribution < -0.4 is 36.9 Å². The van der Waals surface area contributed by atoms with Gasteiger partial charge >= 0.3 is 0 Å². The van der Waals surface area contributed by atoms with Gasteiger partial charge in [0, 0.05) is 156 Å². The number of pyridine rings is 12. The van der Waals surface area contributed by atoms with Crippen molar-refractivity contribution in [3.8, 4) is 74.1 Å². The van der Waals surface area contributed by atoms with Crippen LogP contribution in [0.25, 0.3) is 68.3 Å². The van der Waals surface area contributed by atoms with E-state index in [1.165, 1.54) is 35.4 Å².